The van der Waals surface area contributed by atoms with Crippen molar-refractivity contribution in [1.29, 1.82) is 0 Å². The number of aromatic nitrogens is 2. The van der Waals surface area contributed by atoms with Gasteiger partial charge in [-0.2, -0.15) is 0 Å². The van der Waals surface area contributed by atoms with Crippen LogP contribution in [0.15, 0.2) is 48.8 Å². The molecule has 174 valence electrons. The molecule has 4 heteroatoms. The Bertz CT molecular complexity index is 980. The van der Waals surface area contributed by atoms with Gasteiger partial charge < -0.3 is 0 Å². The van der Waals surface area contributed by atoms with Gasteiger partial charge in [0.15, 0.2) is 0 Å². The molecule has 0 aliphatic rings. The summed E-state index contributed by atoms with van der Waals surface area (Å²) in [7, 11) is 6.57. The molecule has 31 heavy (non-hydrogen) atoms. The summed E-state index contributed by atoms with van der Waals surface area (Å²) in [6, 6.07) is 13.4. The number of nitrogens with zero attached hydrogens (tertiary/aromatic N) is 2. The first-order chi connectivity index (χ1) is 14.7. The molecule has 0 aliphatic carbocycles. The van der Waals surface area contributed by atoms with Crippen LogP contribution in [0.3, 0.4) is 0 Å². The Morgan fingerprint density at radius 1 is 0.581 bits per heavy atom. The van der Waals surface area contributed by atoms with Crippen molar-refractivity contribution in [3.05, 3.63) is 75.4 Å². The van der Waals surface area contributed by atoms with Crippen molar-refractivity contribution in [2.24, 2.45) is 0 Å². The summed E-state index contributed by atoms with van der Waals surface area (Å²) in [5.74, 6) is 1.69. The molecule has 0 saturated heterocycles. The van der Waals surface area contributed by atoms with Crippen molar-refractivity contribution in [1.82, 2.24) is 9.13 Å². The van der Waals surface area contributed by atoms with Gasteiger partial charge in [-0.15, -0.1) is 0 Å². The van der Waals surface area contributed by atoms with E-state index in [0.29, 0.717) is 23.7 Å². The Morgan fingerprint density at radius 3 is 1.10 bits per heavy atom. The molecule has 0 aliphatic heterocycles. The molecule has 1 aromatic heterocycles. The summed E-state index contributed by atoms with van der Waals surface area (Å²) in [5, 5.41) is 0. The predicted octanol–water partition coefficient (Wildman–Crippen LogP) is 8.53. The first kappa shape index (κ1) is 24.1. The van der Waals surface area contributed by atoms with Crippen molar-refractivity contribution < 1.29 is 13.6 Å². The fraction of sp³-hybridized carbons (Fsp3) is 0.444. The zero-order chi connectivity index (χ0) is 22.9. The van der Waals surface area contributed by atoms with E-state index in [1.807, 2.05) is 0 Å². The molecule has 0 amide bonds. The van der Waals surface area contributed by atoms with Crippen LogP contribution in [-0.4, -0.2) is 9.13 Å². The molecule has 0 N–H and O–H groups in total. The summed E-state index contributed by atoms with van der Waals surface area (Å²) in [6.07, 6.45) is 4.35. The monoisotopic (exact) mass is 486 g/mol. The molecular formula is C27H36ClCuN2-2. The summed E-state index contributed by atoms with van der Waals surface area (Å²) >= 11 is 1.40. The summed E-state index contributed by atoms with van der Waals surface area (Å²) in [6.45, 7) is 18.1. The second kappa shape index (κ2) is 9.94. The zero-order valence-corrected chi connectivity index (χ0v) is 21.7. The van der Waals surface area contributed by atoms with Gasteiger partial charge in [0.25, 0.3) is 0 Å². The van der Waals surface area contributed by atoms with Gasteiger partial charge >= 0.3 is 199 Å². The molecule has 0 bridgehead atoms. The molecule has 0 fully saturated rings. The summed E-state index contributed by atoms with van der Waals surface area (Å²) in [4.78, 5) is 0. The number of halogens is 1. The second-order valence-corrected chi connectivity index (χ2v) is 10.6. The molecule has 0 atom stereocenters. The van der Waals surface area contributed by atoms with Gasteiger partial charge in [-0.05, 0) is 0 Å². The molecule has 3 rings (SSSR count). The molecule has 2 nitrogen and oxygen atoms in total. The minimum absolute atomic E-state index is 0.422. The van der Waals surface area contributed by atoms with Gasteiger partial charge in [-0.3, -0.25) is 0 Å². The van der Waals surface area contributed by atoms with E-state index in [1.165, 1.54) is 47.2 Å². The number of benzene rings is 2. The third-order valence-corrected chi connectivity index (χ3v) is 6.98. The Morgan fingerprint density at radius 2 is 0.871 bits per heavy atom. The second-order valence-electron chi connectivity index (χ2n) is 9.52. The number of imidazole rings is 1. The molecule has 0 unspecified atom stereocenters. The van der Waals surface area contributed by atoms with E-state index in [2.05, 4.69) is 113 Å². The van der Waals surface area contributed by atoms with Crippen LogP contribution in [0.4, 0.5) is 0 Å². The van der Waals surface area contributed by atoms with Gasteiger partial charge in [0, 0.05) is 0 Å². The van der Waals surface area contributed by atoms with Crippen molar-refractivity contribution >= 4 is 10.1 Å². The normalized spacial score (nSPS) is 12.2. The van der Waals surface area contributed by atoms with Gasteiger partial charge in [0.2, 0.25) is 0 Å². The van der Waals surface area contributed by atoms with Crippen molar-refractivity contribution in [2.75, 3.05) is 0 Å². The summed E-state index contributed by atoms with van der Waals surface area (Å²) in [5.41, 5.74) is 7.92. The van der Waals surface area contributed by atoms with Gasteiger partial charge in [0.1, 0.15) is 0 Å². The first-order valence-electron chi connectivity index (χ1n) is 11.3. The Labute approximate surface area is 198 Å². The maximum atomic E-state index is 6.57. The SMILES string of the molecule is CC(C)c1cccc(C(C)C)c1-n1ccn(-c2c(C(C)C)cccc2C(C)C)[c]1=[Cu-2][Cl]. The van der Waals surface area contributed by atoms with E-state index in [-0.39, 0.29) is 0 Å². The molecule has 2 aromatic carbocycles. The third-order valence-electron chi connectivity index (χ3n) is 5.94. The Balaban J connectivity index is 2.40. The summed E-state index contributed by atoms with van der Waals surface area (Å²) < 4.78 is 5.59. The third kappa shape index (κ3) is 4.65. The number of hydrogen-bond donors (Lipinski definition) is 0. The average Bonchev–Trinajstić information content (AvgIpc) is 3.15. The van der Waals surface area contributed by atoms with Crippen LogP contribution in [0.5, 0.6) is 0 Å². The molecule has 0 saturated carbocycles. The van der Waals surface area contributed by atoms with Crippen LogP contribution in [0, 0.1) is 4.32 Å². The van der Waals surface area contributed by atoms with Crippen molar-refractivity contribution in [3.8, 4) is 11.4 Å². The van der Waals surface area contributed by atoms with Crippen LogP contribution in [0.25, 0.3) is 11.4 Å². The minimum atomic E-state index is 0.422. The fourth-order valence-electron chi connectivity index (χ4n) is 4.31. The quantitative estimate of drug-likeness (QED) is 0.308. The number of rotatable bonds is 6. The first-order valence-corrected chi connectivity index (χ1v) is 13.0. The van der Waals surface area contributed by atoms with Crippen LogP contribution >= 0.6 is 10.1 Å². The van der Waals surface area contributed by atoms with Gasteiger partial charge in [-0.25, -0.2) is 0 Å². The van der Waals surface area contributed by atoms with E-state index in [4.69, 9.17) is 10.1 Å². The molecule has 3 aromatic rings. The van der Waals surface area contributed by atoms with E-state index < -0.39 is 0 Å². The maximum absolute atomic E-state index is 6.57. The molecule has 0 radical (unpaired) electrons. The van der Waals surface area contributed by atoms with Crippen molar-refractivity contribution in [2.45, 2.75) is 79.1 Å². The fourth-order valence-corrected chi connectivity index (χ4v) is 5.29. The number of hydrogen-bond acceptors (Lipinski definition) is 0. The van der Waals surface area contributed by atoms with Gasteiger partial charge in [-0.1, -0.05) is 0 Å². The Hall–Kier alpha value is -1.54. The Kier molecular flexibility index (Phi) is 7.73. The van der Waals surface area contributed by atoms with Crippen LogP contribution in [0.1, 0.15) is 101 Å². The average molecular weight is 488 g/mol. The molecular weight excluding hydrogens is 451 g/mol. The van der Waals surface area contributed by atoms with Crippen LogP contribution in [0.2, 0.25) is 0 Å². The molecule has 1 heterocycles. The standard InChI is InChI=1S/C27H36N2.ClH.Cu/c1-18(2)22-11-9-12-23(19(3)4)26(22)28-15-16-29(17-28)27-24(20(5)6)13-10-14-25(27)21(7)8;;/h9-16,18-21H,1-8H3;1H;/q;;-1/p-1. The van der Waals surface area contributed by atoms with Gasteiger partial charge in [0.05, 0.1) is 0 Å². The van der Waals surface area contributed by atoms with E-state index >= 15 is 0 Å². The predicted molar refractivity (Wildman–Crippen MR) is 131 cm³/mol. The van der Waals surface area contributed by atoms with E-state index in [9.17, 15) is 0 Å². The van der Waals surface area contributed by atoms with Crippen LogP contribution in [-0.2, 0) is 13.6 Å². The van der Waals surface area contributed by atoms with Crippen molar-refractivity contribution in [3.63, 3.8) is 0 Å². The number of para-hydroxylation sites is 2. The molecule has 0 spiro atoms. The zero-order valence-electron chi connectivity index (χ0n) is 20.0. The van der Waals surface area contributed by atoms with E-state index in [1.54, 1.807) is 0 Å². The van der Waals surface area contributed by atoms with Crippen LogP contribution < -0.4 is 0 Å². The topological polar surface area (TPSA) is 9.86 Å². The van der Waals surface area contributed by atoms with E-state index in [0.717, 1.165) is 4.32 Å².